The zero-order valence-corrected chi connectivity index (χ0v) is 50.3. The molecule has 0 saturated carbocycles. The van der Waals surface area contributed by atoms with Gasteiger partial charge in [-0.25, -0.2) is 0 Å². The van der Waals surface area contributed by atoms with Crippen LogP contribution in [0.25, 0.3) is 0 Å². The second-order valence-electron chi connectivity index (χ2n) is 22.4. The molecule has 1 atom stereocenters. The van der Waals surface area contributed by atoms with E-state index in [0.717, 1.165) is 96.3 Å². The van der Waals surface area contributed by atoms with Gasteiger partial charge in [-0.3, -0.25) is 14.4 Å². The van der Waals surface area contributed by atoms with Crippen molar-refractivity contribution in [2.24, 2.45) is 0 Å². The monoisotopic (exact) mass is 1050 g/mol. The Bertz CT molecular complexity index is 1300. The van der Waals surface area contributed by atoms with Crippen LogP contribution in [-0.4, -0.2) is 37.2 Å². The molecule has 0 aromatic rings. The van der Waals surface area contributed by atoms with E-state index in [1.807, 2.05) is 0 Å². The van der Waals surface area contributed by atoms with Crippen LogP contribution in [0.3, 0.4) is 0 Å². The molecule has 0 aliphatic carbocycles. The second kappa shape index (κ2) is 63.9. The molecule has 0 radical (unpaired) electrons. The summed E-state index contributed by atoms with van der Waals surface area (Å²) in [5.41, 5.74) is 0. The summed E-state index contributed by atoms with van der Waals surface area (Å²) in [7, 11) is 0. The van der Waals surface area contributed by atoms with Crippen LogP contribution in [0.15, 0.2) is 48.6 Å². The summed E-state index contributed by atoms with van der Waals surface area (Å²) in [6.45, 7) is 6.54. The molecule has 0 aromatic heterocycles. The van der Waals surface area contributed by atoms with Crippen LogP contribution in [0.5, 0.6) is 0 Å². The normalized spacial score (nSPS) is 12.3. The molecule has 6 heteroatoms. The lowest BCUT2D eigenvalue weighted by Gasteiger charge is -2.18. The number of hydrogen-bond acceptors (Lipinski definition) is 6. The zero-order chi connectivity index (χ0) is 54.3. The lowest BCUT2D eigenvalue weighted by molar-refractivity contribution is -0.167. The van der Waals surface area contributed by atoms with Gasteiger partial charge in [0.2, 0.25) is 0 Å². The molecule has 0 heterocycles. The molecule has 0 spiro atoms. The van der Waals surface area contributed by atoms with Crippen LogP contribution in [0, 0.1) is 0 Å². The van der Waals surface area contributed by atoms with E-state index in [1.54, 1.807) is 0 Å². The van der Waals surface area contributed by atoms with Crippen LogP contribution >= 0.6 is 0 Å². The van der Waals surface area contributed by atoms with Gasteiger partial charge in [0.1, 0.15) is 13.2 Å². The first-order valence-electron chi connectivity index (χ1n) is 33.1. The SMILES string of the molecule is CC/C=C\C/C=C\C/C=C\CCCCCC(=O)OCC(COC(=O)CCCCCCCCCCCCCCCCCCCCCCCCCCCCCC)OC(=O)CCCCCCC/C=C\CCCCCCCCC. The number of allylic oxidation sites excluding steroid dienone is 8. The Balaban J connectivity index is 4.19. The number of carbonyl (C=O) groups excluding carboxylic acids is 3. The maximum Gasteiger partial charge on any atom is 0.306 e. The molecule has 0 N–H and O–H groups in total. The van der Waals surface area contributed by atoms with Gasteiger partial charge in [-0.2, -0.15) is 0 Å². The van der Waals surface area contributed by atoms with Gasteiger partial charge in [0.25, 0.3) is 0 Å². The fraction of sp³-hybridized carbons (Fsp3) is 0.841. The van der Waals surface area contributed by atoms with Crippen LogP contribution < -0.4 is 0 Å². The van der Waals surface area contributed by atoms with Crippen molar-refractivity contribution in [1.29, 1.82) is 0 Å². The van der Waals surface area contributed by atoms with Gasteiger partial charge >= 0.3 is 17.9 Å². The molecule has 0 aliphatic rings. The van der Waals surface area contributed by atoms with Crippen LogP contribution in [0.4, 0.5) is 0 Å². The number of ether oxygens (including phenoxy) is 3. The summed E-state index contributed by atoms with van der Waals surface area (Å²) in [5.74, 6) is -0.902. The van der Waals surface area contributed by atoms with E-state index >= 15 is 0 Å². The van der Waals surface area contributed by atoms with Crippen molar-refractivity contribution < 1.29 is 28.6 Å². The Kier molecular flexibility index (Phi) is 61.7. The predicted molar refractivity (Wildman–Crippen MR) is 325 cm³/mol. The van der Waals surface area contributed by atoms with Gasteiger partial charge in [-0.05, 0) is 77.0 Å². The molecule has 0 rings (SSSR count). The summed E-state index contributed by atoms with van der Waals surface area (Å²) in [4.78, 5) is 38.3. The Morgan fingerprint density at radius 2 is 0.520 bits per heavy atom. The number of rotatable bonds is 61. The molecule has 0 aromatic carbocycles. The highest BCUT2D eigenvalue weighted by Crippen LogP contribution is 2.18. The van der Waals surface area contributed by atoms with Gasteiger partial charge < -0.3 is 14.2 Å². The summed E-state index contributed by atoms with van der Waals surface area (Å²) < 4.78 is 16.9. The Labute approximate surface area is 467 Å². The summed E-state index contributed by atoms with van der Waals surface area (Å²) in [5, 5.41) is 0. The van der Waals surface area contributed by atoms with Gasteiger partial charge in [-0.15, -0.1) is 0 Å². The third-order valence-corrected chi connectivity index (χ3v) is 14.8. The highest BCUT2D eigenvalue weighted by Gasteiger charge is 2.19. The molecular weight excluding hydrogens is 925 g/mol. The van der Waals surface area contributed by atoms with Crippen molar-refractivity contribution in [2.45, 2.75) is 361 Å². The molecule has 75 heavy (non-hydrogen) atoms. The average Bonchev–Trinajstić information content (AvgIpc) is 3.41. The molecule has 0 bridgehead atoms. The summed E-state index contributed by atoms with van der Waals surface area (Å²) in [6, 6.07) is 0. The highest BCUT2D eigenvalue weighted by molar-refractivity contribution is 5.71. The van der Waals surface area contributed by atoms with Gasteiger partial charge in [-0.1, -0.05) is 307 Å². The fourth-order valence-electron chi connectivity index (χ4n) is 9.87. The third-order valence-electron chi connectivity index (χ3n) is 14.8. The van der Waals surface area contributed by atoms with Gasteiger partial charge in [0.15, 0.2) is 6.10 Å². The molecular formula is C69H126O6. The molecule has 6 nitrogen and oxygen atoms in total. The lowest BCUT2D eigenvalue weighted by atomic mass is 10.0. The van der Waals surface area contributed by atoms with Gasteiger partial charge in [0.05, 0.1) is 0 Å². The van der Waals surface area contributed by atoms with Crippen molar-refractivity contribution in [2.75, 3.05) is 13.2 Å². The fourth-order valence-corrected chi connectivity index (χ4v) is 9.87. The lowest BCUT2D eigenvalue weighted by Crippen LogP contribution is -2.30. The van der Waals surface area contributed by atoms with Crippen molar-refractivity contribution in [3.8, 4) is 0 Å². The quantitative estimate of drug-likeness (QED) is 0.0261. The largest absolute Gasteiger partial charge is 0.462 e. The predicted octanol–water partition coefficient (Wildman–Crippen LogP) is 22.6. The second-order valence-corrected chi connectivity index (χ2v) is 22.4. The minimum atomic E-state index is -0.788. The number of hydrogen-bond donors (Lipinski definition) is 0. The topological polar surface area (TPSA) is 78.9 Å². The van der Waals surface area contributed by atoms with E-state index in [-0.39, 0.29) is 31.1 Å². The average molecular weight is 1050 g/mol. The smallest absolute Gasteiger partial charge is 0.306 e. The first-order valence-corrected chi connectivity index (χ1v) is 33.1. The molecule has 438 valence electrons. The van der Waals surface area contributed by atoms with Crippen molar-refractivity contribution in [3.63, 3.8) is 0 Å². The first kappa shape index (κ1) is 72.4. The number of carbonyl (C=O) groups is 3. The minimum Gasteiger partial charge on any atom is -0.462 e. The molecule has 1 unspecified atom stereocenters. The van der Waals surface area contributed by atoms with Crippen LogP contribution in [-0.2, 0) is 28.6 Å². The molecule has 0 fully saturated rings. The van der Waals surface area contributed by atoms with Crippen molar-refractivity contribution in [3.05, 3.63) is 48.6 Å². The van der Waals surface area contributed by atoms with E-state index < -0.39 is 6.10 Å². The molecule has 0 amide bonds. The van der Waals surface area contributed by atoms with E-state index in [4.69, 9.17) is 14.2 Å². The van der Waals surface area contributed by atoms with Gasteiger partial charge in [0, 0.05) is 19.3 Å². The van der Waals surface area contributed by atoms with E-state index in [2.05, 4.69) is 69.4 Å². The first-order chi connectivity index (χ1) is 37.0. The van der Waals surface area contributed by atoms with E-state index in [9.17, 15) is 14.4 Å². The van der Waals surface area contributed by atoms with E-state index in [1.165, 1.54) is 218 Å². The Morgan fingerprint density at radius 1 is 0.280 bits per heavy atom. The zero-order valence-electron chi connectivity index (χ0n) is 50.3. The van der Waals surface area contributed by atoms with Crippen LogP contribution in [0.2, 0.25) is 0 Å². The maximum absolute atomic E-state index is 12.9. The molecule has 0 saturated heterocycles. The van der Waals surface area contributed by atoms with Crippen molar-refractivity contribution >= 4 is 17.9 Å². The van der Waals surface area contributed by atoms with Crippen molar-refractivity contribution in [1.82, 2.24) is 0 Å². The molecule has 0 aliphatic heterocycles. The Morgan fingerprint density at radius 3 is 0.840 bits per heavy atom. The summed E-state index contributed by atoms with van der Waals surface area (Å²) in [6.07, 6.45) is 80.0. The minimum absolute atomic E-state index is 0.0825. The third kappa shape index (κ3) is 62.1. The summed E-state index contributed by atoms with van der Waals surface area (Å²) >= 11 is 0. The highest BCUT2D eigenvalue weighted by atomic mass is 16.6. The number of esters is 3. The van der Waals surface area contributed by atoms with Crippen LogP contribution in [0.1, 0.15) is 355 Å². The van der Waals surface area contributed by atoms with E-state index in [0.29, 0.717) is 19.3 Å². The maximum atomic E-state index is 12.9. The number of unbranched alkanes of at least 4 members (excludes halogenated alkanes) is 42. The Hall–Kier alpha value is -2.63. The standard InChI is InChI=1S/C69H126O6/c1-4-7-10-13-16-19-22-25-27-29-30-31-32-33-34-35-36-37-38-39-40-42-44-47-50-53-56-59-62-68(71)74-65-66(64-73-67(70)61-58-55-52-49-46-43-24-21-18-15-12-9-6-3)75-69(72)63-60-57-54-51-48-45-41-28-26-23-20-17-14-11-8-5-2/h9,12,18,21,28,41,43,46,66H,4-8,10-11,13-17,19-20,22-27,29-40,42,44-45,47-65H2,1-3H3/b12-9-,21-18-,41-28-,46-43-.